The van der Waals surface area contributed by atoms with Gasteiger partial charge in [-0.25, -0.2) is 14.6 Å². The maximum Gasteiger partial charge on any atom is 0.139 e. The van der Waals surface area contributed by atoms with Crippen molar-refractivity contribution in [3.63, 3.8) is 0 Å². The van der Waals surface area contributed by atoms with Crippen molar-refractivity contribution in [2.24, 2.45) is 0 Å². The van der Waals surface area contributed by atoms with Gasteiger partial charge >= 0.3 is 0 Å². The van der Waals surface area contributed by atoms with Crippen LogP contribution in [0.5, 0.6) is 5.75 Å². The monoisotopic (exact) mass is 428 g/mol. The Kier molecular flexibility index (Phi) is 5.27. The van der Waals surface area contributed by atoms with Crippen molar-refractivity contribution in [1.29, 1.82) is 0 Å². The number of benzene rings is 1. The number of anilines is 1. The van der Waals surface area contributed by atoms with E-state index in [0.29, 0.717) is 5.75 Å². The van der Waals surface area contributed by atoms with Crippen LogP contribution in [0.4, 0.5) is 5.82 Å². The molecule has 0 unspecified atom stereocenters. The van der Waals surface area contributed by atoms with Gasteiger partial charge in [0.05, 0.1) is 24.5 Å². The van der Waals surface area contributed by atoms with Crippen molar-refractivity contribution >= 4 is 16.9 Å². The first-order valence-corrected chi connectivity index (χ1v) is 10.9. The molecule has 0 atom stereocenters. The summed E-state index contributed by atoms with van der Waals surface area (Å²) >= 11 is 0. The number of rotatable bonds is 4. The minimum absolute atomic E-state index is 0.707. The van der Waals surface area contributed by atoms with Crippen LogP contribution in [0, 0.1) is 13.8 Å². The molecule has 5 rings (SSSR count). The lowest BCUT2D eigenvalue weighted by Crippen LogP contribution is -2.44. The Morgan fingerprint density at radius 1 is 0.938 bits per heavy atom. The number of likely N-dealkylation sites (N-methyl/N-ethyl adjacent to an activating group) is 1. The zero-order valence-electron chi connectivity index (χ0n) is 19.0. The Bertz CT molecular complexity index is 1260. The number of hydrogen-bond acceptors (Lipinski definition) is 6. The second-order valence-corrected chi connectivity index (χ2v) is 8.42. The number of hydrogen-bond donors (Lipinski definition) is 0. The van der Waals surface area contributed by atoms with Crippen molar-refractivity contribution in [3.05, 3.63) is 59.9 Å². The third kappa shape index (κ3) is 3.58. The molecule has 1 saturated heterocycles. The second-order valence-electron chi connectivity index (χ2n) is 8.42. The molecule has 4 heterocycles. The van der Waals surface area contributed by atoms with Crippen LogP contribution in [-0.2, 0) is 0 Å². The molecule has 1 aliphatic heterocycles. The minimum Gasteiger partial charge on any atom is -0.495 e. The molecule has 0 bridgehead atoms. The number of aryl methyl sites for hydroxylation is 1. The van der Waals surface area contributed by atoms with Crippen LogP contribution in [0.3, 0.4) is 0 Å². The van der Waals surface area contributed by atoms with Crippen molar-refractivity contribution < 1.29 is 4.74 Å². The smallest absolute Gasteiger partial charge is 0.139 e. The molecule has 1 fully saturated rings. The van der Waals surface area contributed by atoms with E-state index in [9.17, 15) is 0 Å². The van der Waals surface area contributed by atoms with Gasteiger partial charge in [0.15, 0.2) is 0 Å². The molecule has 0 amide bonds. The molecule has 4 aromatic rings. The summed E-state index contributed by atoms with van der Waals surface area (Å²) in [6.07, 6.45) is 3.65. The van der Waals surface area contributed by atoms with Crippen LogP contribution >= 0.6 is 0 Å². The molecule has 1 aromatic carbocycles. The lowest BCUT2D eigenvalue weighted by Gasteiger charge is -2.33. The maximum atomic E-state index is 5.45. The van der Waals surface area contributed by atoms with Crippen molar-refractivity contribution in [2.75, 3.05) is 45.2 Å². The number of ether oxygens (including phenoxy) is 1. The minimum atomic E-state index is 0.707. The van der Waals surface area contributed by atoms with Crippen LogP contribution in [-0.4, -0.2) is 65.0 Å². The Labute approximate surface area is 188 Å². The van der Waals surface area contributed by atoms with Gasteiger partial charge in [0.25, 0.3) is 0 Å². The van der Waals surface area contributed by atoms with Gasteiger partial charge in [0, 0.05) is 44.0 Å². The Balaban J connectivity index is 1.59. The molecule has 0 spiro atoms. The predicted octanol–water partition coefficient (Wildman–Crippen LogP) is 3.86. The average Bonchev–Trinajstić information content (AvgIpc) is 3.20. The Hall–Kier alpha value is -3.45. The fourth-order valence-electron chi connectivity index (χ4n) is 4.18. The van der Waals surface area contributed by atoms with E-state index in [1.807, 2.05) is 16.9 Å². The SMILES string of the molecule is COc1cnc2c(-c3ccc(N4CCN(C)CC4)nc3)nn(-c3cccc(C)c3C)c2c1. The normalized spacial score (nSPS) is 14.8. The highest BCUT2D eigenvalue weighted by Crippen LogP contribution is 2.32. The van der Waals surface area contributed by atoms with E-state index in [0.717, 1.165) is 60.0 Å². The quantitative estimate of drug-likeness (QED) is 0.492. The summed E-state index contributed by atoms with van der Waals surface area (Å²) in [5.41, 5.74) is 6.97. The highest BCUT2D eigenvalue weighted by molar-refractivity contribution is 5.91. The molecule has 7 nitrogen and oxygen atoms in total. The lowest BCUT2D eigenvalue weighted by atomic mass is 10.1. The number of fused-ring (bicyclic) bond motifs is 1. The van der Waals surface area contributed by atoms with E-state index in [2.05, 4.69) is 61.0 Å². The summed E-state index contributed by atoms with van der Waals surface area (Å²) in [5, 5.41) is 5.00. The van der Waals surface area contributed by atoms with Gasteiger partial charge in [-0.2, -0.15) is 5.10 Å². The molecule has 3 aromatic heterocycles. The summed E-state index contributed by atoms with van der Waals surface area (Å²) in [7, 11) is 3.82. The summed E-state index contributed by atoms with van der Waals surface area (Å²) < 4.78 is 7.42. The Morgan fingerprint density at radius 3 is 2.47 bits per heavy atom. The first kappa shape index (κ1) is 20.5. The summed E-state index contributed by atoms with van der Waals surface area (Å²) in [5.74, 6) is 1.72. The van der Waals surface area contributed by atoms with Gasteiger partial charge in [-0.3, -0.25) is 0 Å². The Morgan fingerprint density at radius 2 is 1.75 bits per heavy atom. The zero-order chi connectivity index (χ0) is 22.2. The summed E-state index contributed by atoms with van der Waals surface area (Å²) in [6.45, 7) is 8.34. The average molecular weight is 429 g/mol. The van der Waals surface area contributed by atoms with Gasteiger partial charge < -0.3 is 14.5 Å². The molecular weight excluding hydrogens is 400 g/mol. The van der Waals surface area contributed by atoms with Gasteiger partial charge in [-0.1, -0.05) is 12.1 Å². The molecular formula is C25H28N6O. The molecule has 1 aliphatic rings. The van der Waals surface area contributed by atoms with E-state index >= 15 is 0 Å². The number of methoxy groups -OCH3 is 1. The maximum absolute atomic E-state index is 5.45. The van der Waals surface area contributed by atoms with E-state index in [1.54, 1.807) is 13.3 Å². The number of pyridine rings is 2. The fraction of sp³-hybridized carbons (Fsp3) is 0.320. The highest BCUT2D eigenvalue weighted by Gasteiger charge is 2.19. The lowest BCUT2D eigenvalue weighted by molar-refractivity contribution is 0.312. The van der Waals surface area contributed by atoms with Crippen molar-refractivity contribution in [3.8, 4) is 22.7 Å². The third-order valence-corrected chi connectivity index (χ3v) is 6.38. The predicted molar refractivity (Wildman–Crippen MR) is 128 cm³/mol. The third-order valence-electron chi connectivity index (χ3n) is 6.38. The topological polar surface area (TPSA) is 59.3 Å². The van der Waals surface area contributed by atoms with Crippen LogP contribution < -0.4 is 9.64 Å². The largest absolute Gasteiger partial charge is 0.495 e. The molecule has 7 heteroatoms. The van der Waals surface area contributed by atoms with Crippen molar-refractivity contribution in [1.82, 2.24) is 24.6 Å². The van der Waals surface area contributed by atoms with Gasteiger partial charge in [0.2, 0.25) is 0 Å². The van der Waals surface area contributed by atoms with Gasteiger partial charge in [0.1, 0.15) is 22.8 Å². The van der Waals surface area contributed by atoms with E-state index in [4.69, 9.17) is 19.8 Å². The number of nitrogens with zero attached hydrogens (tertiary/aromatic N) is 6. The molecule has 0 N–H and O–H groups in total. The molecule has 0 radical (unpaired) electrons. The van der Waals surface area contributed by atoms with E-state index in [1.165, 1.54) is 11.1 Å². The first-order chi connectivity index (χ1) is 15.5. The molecule has 0 aliphatic carbocycles. The fourth-order valence-corrected chi connectivity index (χ4v) is 4.18. The molecule has 32 heavy (non-hydrogen) atoms. The number of piperazine rings is 1. The molecule has 164 valence electrons. The first-order valence-electron chi connectivity index (χ1n) is 10.9. The van der Waals surface area contributed by atoms with Crippen LogP contribution in [0.25, 0.3) is 28.0 Å². The second kappa shape index (κ2) is 8.24. The van der Waals surface area contributed by atoms with Crippen LogP contribution in [0.15, 0.2) is 48.8 Å². The van der Waals surface area contributed by atoms with Crippen molar-refractivity contribution in [2.45, 2.75) is 13.8 Å². The van der Waals surface area contributed by atoms with E-state index in [-0.39, 0.29) is 0 Å². The van der Waals surface area contributed by atoms with Gasteiger partial charge in [-0.15, -0.1) is 0 Å². The summed E-state index contributed by atoms with van der Waals surface area (Å²) in [6, 6.07) is 12.4. The highest BCUT2D eigenvalue weighted by atomic mass is 16.5. The standard InChI is InChI=1S/C25H28N6O/c1-17-6-5-7-21(18(17)2)31-22-14-20(32-4)16-27-25(22)24(28-31)19-8-9-23(26-15-19)30-12-10-29(3)11-13-30/h5-9,14-16H,10-13H2,1-4H3. The van der Waals surface area contributed by atoms with Crippen LogP contribution in [0.2, 0.25) is 0 Å². The zero-order valence-corrected chi connectivity index (χ0v) is 19.0. The number of aromatic nitrogens is 4. The van der Waals surface area contributed by atoms with Crippen LogP contribution in [0.1, 0.15) is 11.1 Å². The van der Waals surface area contributed by atoms with E-state index < -0.39 is 0 Å². The molecule has 0 saturated carbocycles. The van der Waals surface area contributed by atoms with Gasteiger partial charge in [-0.05, 0) is 50.2 Å². The summed E-state index contributed by atoms with van der Waals surface area (Å²) in [4.78, 5) is 14.1.